The van der Waals surface area contributed by atoms with Crippen LogP contribution in [0, 0.1) is 26.7 Å². The average molecular weight is 449 g/mol. The number of nitrogens with zero attached hydrogens (tertiary/aromatic N) is 5. The van der Waals surface area contributed by atoms with Crippen LogP contribution in [0.25, 0.3) is 21.3 Å². The summed E-state index contributed by atoms with van der Waals surface area (Å²) in [4.78, 5) is 31.1. The van der Waals surface area contributed by atoms with Crippen LogP contribution in [-0.4, -0.2) is 45.1 Å². The van der Waals surface area contributed by atoms with E-state index < -0.39 is 0 Å². The van der Waals surface area contributed by atoms with E-state index in [1.54, 1.807) is 17.7 Å². The molecule has 1 aliphatic heterocycles. The van der Waals surface area contributed by atoms with E-state index in [0.717, 1.165) is 60.0 Å². The van der Waals surface area contributed by atoms with Crippen LogP contribution in [0.5, 0.6) is 0 Å². The lowest BCUT2D eigenvalue weighted by Crippen LogP contribution is -2.41. The van der Waals surface area contributed by atoms with Gasteiger partial charge in [-0.05, 0) is 51.3 Å². The number of imidazole rings is 1. The zero-order valence-electron chi connectivity index (χ0n) is 18.8. The lowest BCUT2D eigenvalue weighted by molar-refractivity contribution is -0.125. The molecule has 0 spiro atoms. The molecule has 0 unspecified atom stereocenters. The monoisotopic (exact) mass is 448 g/mol. The molecule has 4 aromatic rings. The number of carbonyl (C=O) groups is 1. The Hall–Kier alpha value is -3.00. The fourth-order valence-corrected chi connectivity index (χ4v) is 5.66. The van der Waals surface area contributed by atoms with Gasteiger partial charge in [0.2, 0.25) is 5.91 Å². The Bertz CT molecular complexity index is 1280. The largest absolute Gasteiger partial charge is 0.356 e. The molecule has 1 aromatic carbocycles. The van der Waals surface area contributed by atoms with E-state index in [2.05, 4.69) is 49.6 Å². The van der Waals surface area contributed by atoms with Gasteiger partial charge in [-0.3, -0.25) is 4.79 Å². The van der Waals surface area contributed by atoms with E-state index in [1.165, 1.54) is 15.8 Å². The van der Waals surface area contributed by atoms with Crippen LogP contribution >= 0.6 is 11.3 Å². The normalized spacial score (nSPS) is 15.0. The van der Waals surface area contributed by atoms with Crippen molar-refractivity contribution in [3.63, 3.8) is 0 Å². The molecule has 5 rings (SSSR count). The molecule has 0 aliphatic carbocycles. The summed E-state index contributed by atoms with van der Waals surface area (Å²) < 4.78 is 2.17. The Balaban J connectivity index is 1.19. The minimum atomic E-state index is 0.0505. The molecule has 0 bridgehead atoms. The number of thiophene rings is 1. The molecule has 1 amide bonds. The zero-order valence-corrected chi connectivity index (χ0v) is 19.6. The van der Waals surface area contributed by atoms with Crippen LogP contribution in [-0.2, 0) is 11.3 Å². The number of benzene rings is 1. The Morgan fingerprint density at radius 1 is 1.16 bits per heavy atom. The Kier molecular flexibility index (Phi) is 5.55. The quantitative estimate of drug-likeness (QED) is 0.499. The molecule has 0 radical (unpaired) electrons. The van der Waals surface area contributed by atoms with Crippen LogP contribution < -0.4 is 10.2 Å². The second-order valence-corrected chi connectivity index (χ2v) is 9.72. The summed E-state index contributed by atoms with van der Waals surface area (Å²) in [5, 5.41) is 4.32. The number of fused-ring (bicyclic) bond motifs is 2. The second kappa shape index (κ2) is 8.50. The number of piperidine rings is 1. The number of aromatic nitrogens is 4. The third kappa shape index (κ3) is 3.72. The molecular weight excluding hydrogens is 420 g/mol. The summed E-state index contributed by atoms with van der Waals surface area (Å²) in [6, 6.07) is 8.13. The molecule has 8 heteroatoms. The van der Waals surface area contributed by atoms with Crippen LogP contribution in [0.2, 0.25) is 0 Å². The zero-order chi connectivity index (χ0) is 22.2. The number of aryl methyl sites for hydroxylation is 3. The van der Waals surface area contributed by atoms with Gasteiger partial charge in [0, 0.05) is 37.0 Å². The van der Waals surface area contributed by atoms with E-state index >= 15 is 0 Å². The number of para-hydroxylation sites is 2. The highest BCUT2D eigenvalue weighted by Crippen LogP contribution is 2.35. The second-order valence-electron chi connectivity index (χ2n) is 8.51. The van der Waals surface area contributed by atoms with Gasteiger partial charge in [0.1, 0.15) is 22.8 Å². The van der Waals surface area contributed by atoms with Crippen molar-refractivity contribution in [2.24, 2.45) is 5.92 Å². The summed E-state index contributed by atoms with van der Waals surface area (Å²) in [6.07, 6.45) is 3.34. The minimum Gasteiger partial charge on any atom is -0.356 e. The molecule has 0 saturated carbocycles. The van der Waals surface area contributed by atoms with Gasteiger partial charge in [0.15, 0.2) is 0 Å². The van der Waals surface area contributed by atoms with Gasteiger partial charge in [0.25, 0.3) is 0 Å². The fourth-order valence-electron chi connectivity index (χ4n) is 4.67. The third-order valence-electron chi connectivity index (χ3n) is 6.59. The minimum absolute atomic E-state index is 0.0505. The number of rotatable bonds is 5. The highest BCUT2D eigenvalue weighted by Gasteiger charge is 2.27. The summed E-state index contributed by atoms with van der Waals surface area (Å²) in [6.45, 7) is 9.31. The van der Waals surface area contributed by atoms with Gasteiger partial charge in [-0.25, -0.2) is 15.0 Å². The van der Waals surface area contributed by atoms with Gasteiger partial charge in [0.05, 0.1) is 16.4 Å². The maximum absolute atomic E-state index is 12.8. The van der Waals surface area contributed by atoms with Crippen LogP contribution in [0.3, 0.4) is 0 Å². The van der Waals surface area contributed by atoms with Gasteiger partial charge in [-0.15, -0.1) is 11.3 Å². The van der Waals surface area contributed by atoms with E-state index in [9.17, 15) is 4.79 Å². The van der Waals surface area contributed by atoms with Crippen molar-refractivity contribution in [2.45, 2.75) is 40.2 Å². The maximum Gasteiger partial charge on any atom is 0.223 e. The van der Waals surface area contributed by atoms with Crippen LogP contribution in [0.1, 0.15) is 29.1 Å². The Labute approximate surface area is 191 Å². The number of amides is 1. The summed E-state index contributed by atoms with van der Waals surface area (Å²) in [7, 11) is 0. The highest BCUT2D eigenvalue weighted by molar-refractivity contribution is 7.18. The first-order chi connectivity index (χ1) is 15.5. The molecular formula is C24H28N6OS. The molecule has 4 heterocycles. The van der Waals surface area contributed by atoms with Gasteiger partial charge < -0.3 is 14.8 Å². The van der Waals surface area contributed by atoms with E-state index in [4.69, 9.17) is 0 Å². The van der Waals surface area contributed by atoms with Crippen LogP contribution in [0.4, 0.5) is 5.82 Å². The molecule has 7 nitrogen and oxygen atoms in total. The number of hydrogen-bond acceptors (Lipinski definition) is 6. The summed E-state index contributed by atoms with van der Waals surface area (Å²) >= 11 is 1.72. The molecule has 3 aromatic heterocycles. The number of carbonyl (C=O) groups excluding carboxylic acids is 1. The highest BCUT2D eigenvalue weighted by atomic mass is 32.1. The predicted octanol–water partition coefficient (Wildman–Crippen LogP) is 4.00. The Morgan fingerprint density at radius 3 is 2.75 bits per heavy atom. The first-order valence-electron chi connectivity index (χ1n) is 11.2. The molecule has 32 heavy (non-hydrogen) atoms. The fraction of sp³-hybridized carbons (Fsp3) is 0.417. The topological polar surface area (TPSA) is 75.9 Å². The van der Waals surface area contributed by atoms with Crippen molar-refractivity contribution in [3.8, 4) is 0 Å². The van der Waals surface area contributed by atoms with Crippen molar-refractivity contribution in [3.05, 3.63) is 46.9 Å². The number of hydrogen-bond donors (Lipinski definition) is 1. The molecule has 1 fully saturated rings. The van der Waals surface area contributed by atoms with Crippen molar-refractivity contribution in [1.82, 2.24) is 24.8 Å². The number of nitrogens with one attached hydrogen (secondary N) is 1. The Morgan fingerprint density at radius 2 is 1.94 bits per heavy atom. The molecule has 1 N–H and O–H groups in total. The van der Waals surface area contributed by atoms with E-state index in [1.807, 2.05) is 25.1 Å². The predicted molar refractivity (Wildman–Crippen MR) is 129 cm³/mol. The van der Waals surface area contributed by atoms with Crippen molar-refractivity contribution >= 4 is 44.3 Å². The first kappa shape index (κ1) is 20.9. The van der Waals surface area contributed by atoms with E-state index in [-0.39, 0.29) is 11.8 Å². The van der Waals surface area contributed by atoms with Gasteiger partial charge >= 0.3 is 0 Å². The lowest BCUT2D eigenvalue weighted by Gasteiger charge is -2.32. The first-order valence-corrected chi connectivity index (χ1v) is 12.0. The molecule has 0 atom stereocenters. The van der Waals surface area contributed by atoms with Crippen molar-refractivity contribution in [2.75, 3.05) is 24.5 Å². The maximum atomic E-state index is 12.8. The molecule has 1 aliphatic rings. The average Bonchev–Trinajstić information content (AvgIpc) is 3.29. The smallest absolute Gasteiger partial charge is 0.223 e. The summed E-state index contributed by atoms with van der Waals surface area (Å²) in [5.74, 6) is 2.19. The third-order valence-corrected chi connectivity index (χ3v) is 7.71. The van der Waals surface area contributed by atoms with Gasteiger partial charge in [-0.1, -0.05) is 12.1 Å². The molecule has 166 valence electrons. The molecule has 1 saturated heterocycles. The SMILES string of the molecule is Cc1sc2ncnc(N3CCC(C(=O)NCCn4c(C)nc5ccccc54)CC3)c2c1C. The van der Waals surface area contributed by atoms with Gasteiger partial charge in [-0.2, -0.15) is 0 Å². The summed E-state index contributed by atoms with van der Waals surface area (Å²) in [5.41, 5.74) is 3.38. The van der Waals surface area contributed by atoms with Crippen molar-refractivity contribution in [1.29, 1.82) is 0 Å². The lowest BCUT2D eigenvalue weighted by atomic mass is 9.95. The van der Waals surface area contributed by atoms with Crippen molar-refractivity contribution < 1.29 is 4.79 Å². The van der Waals surface area contributed by atoms with Crippen LogP contribution in [0.15, 0.2) is 30.6 Å². The standard InChI is InChI=1S/C24H28N6OS/c1-15-16(2)32-24-21(15)22(26-14-27-24)29-11-8-18(9-12-29)23(31)25-10-13-30-17(3)28-19-6-4-5-7-20(19)30/h4-7,14,18H,8-13H2,1-3H3,(H,25,31). The number of anilines is 1. The van der Waals surface area contributed by atoms with E-state index in [0.29, 0.717) is 6.54 Å².